The second kappa shape index (κ2) is 5.64. The summed E-state index contributed by atoms with van der Waals surface area (Å²) in [5, 5.41) is 1.42. The van der Waals surface area contributed by atoms with Gasteiger partial charge in [0, 0.05) is 18.5 Å². The van der Waals surface area contributed by atoms with Crippen molar-refractivity contribution in [2.45, 2.75) is 33.1 Å². The van der Waals surface area contributed by atoms with Gasteiger partial charge in [0.2, 0.25) is 5.75 Å². The molecule has 0 saturated carbocycles. The van der Waals surface area contributed by atoms with Crippen molar-refractivity contribution < 1.29 is 27.4 Å². The normalized spacial score (nSPS) is 12.0. The Morgan fingerprint density at radius 1 is 1.32 bits per heavy atom. The molecule has 0 saturated heterocycles. The van der Waals surface area contributed by atoms with Crippen LogP contribution in [-0.2, 0) is 11.0 Å². The van der Waals surface area contributed by atoms with Crippen LogP contribution in [0.15, 0.2) is 16.4 Å². The number of rotatable bonds is 3. The molecule has 22 heavy (non-hydrogen) atoms. The summed E-state index contributed by atoms with van der Waals surface area (Å²) in [6.07, 6.45) is -4.40. The Bertz CT molecular complexity index is 776. The summed E-state index contributed by atoms with van der Waals surface area (Å²) in [5.74, 6) is -1.97. The van der Waals surface area contributed by atoms with Gasteiger partial charge < -0.3 is 9.47 Å². The first-order chi connectivity index (χ1) is 10.1. The van der Waals surface area contributed by atoms with E-state index in [9.17, 15) is 22.8 Å². The van der Waals surface area contributed by atoms with E-state index in [0.717, 1.165) is 22.7 Å². The highest BCUT2D eigenvalue weighted by molar-refractivity contribution is 7.16. The van der Waals surface area contributed by atoms with Crippen LogP contribution in [0.1, 0.15) is 26.3 Å². The predicted octanol–water partition coefficient (Wildman–Crippen LogP) is 3.09. The number of nitrogens with zero attached hydrogens (tertiary/aromatic N) is 1. The fraction of sp³-hybridized carbons (Fsp3) is 0.385. The lowest BCUT2D eigenvalue weighted by Gasteiger charge is -2.19. The molecule has 2 aromatic rings. The zero-order valence-electron chi connectivity index (χ0n) is 11.9. The Kier molecular flexibility index (Phi) is 4.19. The molecule has 0 fully saturated rings. The summed E-state index contributed by atoms with van der Waals surface area (Å²) >= 11 is 0.969. The number of carbonyl (C=O) groups excluding carboxylic acids is 1. The SMILES string of the molecule is CC(=O)Oc1c(OC(C)C)c(C(F)(F)F)c(=O)n2ccsc12. The predicted molar refractivity (Wildman–Crippen MR) is 73.6 cm³/mol. The zero-order valence-corrected chi connectivity index (χ0v) is 12.7. The first-order valence-electron chi connectivity index (χ1n) is 6.21. The van der Waals surface area contributed by atoms with Crippen LogP contribution in [0.2, 0.25) is 0 Å². The smallest absolute Gasteiger partial charge is 0.425 e. The first kappa shape index (κ1) is 16.3. The highest BCUT2D eigenvalue weighted by Gasteiger charge is 2.41. The minimum Gasteiger partial charge on any atom is -0.486 e. The van der Waals surface area contributed by atoms with Gasteiger partial charge in [0.05, 0.1) is 6.10 Å². The molecule has 0 bridgehead atoms. The third-order valence-electron chi connectivity index (χ3n) is 2.55. The van der Waals surface area contributed by atoms with Gasteiger partial charge in [-0.25, -0.2) is 0 Å². The number of hydrogen-bond donors (Lipinski definition) is 0. The number of carbonyl (C=O) groups is 1. The van der Waals surface area contributed by atoms with Crippen molar-refractivity contribution in [1.29, 1.82) is 0 Å². The van der Waals surface area contributed by atoms with E-state index in [1.807, 2.05) is 0 Å². The maximum atomic E-state index is 13.3. The molecule has 0 aromatic carbocycles. The minimum atomic E-state index is -4.95. The van der Waals surface area contributed by atoms with Gasteiger partial charge in [0.15, 0.2) is 11.3 Å². The van der Waals surface area contributed by atoms with Gasteiger partial charge >= 0.3 is 12.1 Å². The number of thiazole rings is 1. The fourth-order valence-corrected chi connectivity index (χ4v) is 2.67. The number of esters is 1. The summed E-state index contributed by atoms with van der Waals surface area (Å²) in [7, 11) is 0. The van der Waals surface area contributed by atoms with Crippen molar-refractivity contribution in [2.24, 2.45) is 0 Å². The first-order valence-corrected chi connectivity index (χ1v) is 7.09. The van der Waals surface area contributed by atoms with Crippen LogP contribution in [0.5, 0.6) is 11.5 Å². The summed E-state index contributed by atoms with van der Waals surface area (Å²) in [6, 6.07) is 0. The number of alkyl halides is 3. The van der Waals surface area contributed by atoms with E-state index in [0.29, 0.717) is 0 Å². The van der Waals surface area contributed by atoms with E-state index in [1.54, 1.807) is 0 Å². The van der Waals surface area contributed by atoms with Crippen LogP contribution in [0.4, 0.5) is 13.2 Å². The fourth-order valence-electron chi connectivity index (χ4n) is 1.86. The molecular weight excluding hydrogens is 323 g/mol. The second-order valence-electron chi connectivity index (χ2n) is 4.67. The van der Waals surface area contributed by atoms with Gasteiger partial charge in [0.25, 0.3) is 5.56 Å². The highest BCUT2D eigenvalue weighted by Crippen LogP contribution is 2.43. The summed E-state index contributed by atoms with van der Waals surface area (Å²) in [5.41, 5.74) is -2.76. The number of fused-ring (bicyclic) bond motifs is 1. The zero-order chi connectivity index (χ0) is 16.7. The van der Waals surface area contributed by atoms with Crippen molar-refractivity contribution in [2.75, 3.05) is 0 Å². The molecular formula is C13H12F3NO4S. The molecule has 0 unspecified atom stereocenters. The van der Waals surface area contributed by atoms with E-state index < -0.39 is 40.9 Å². The largest absolute Gasteiger partial charge is 0.486 e. The van der Waals surface area contributed by atoms with E-state index >= 15 is 0 Å². The van der Waals surface area contributed by atoms with Crippen molar-refractivity contribution in [3.05, 3.63) is 27.5 Å². The summed E-state index contributed by atoms with van der Waals surface area (Å²) in [6.45, 7) is 4.07. The van der Waals surface area contributed by atoms with Gasteiger partial charge in [-0.05, 0) is 13.8 Å². The number of halogens is 3. The molecule has 2 aromatic heterocycles. The average molecular weight is 335 g/mol. The molecule has 120 valence electrons. The van der Waals surface area contributed by atoms with E-state index in [2.05, 4.69) is 0 Å². The summed E-state index contributed by atoms with van der Waals surface area (Å²) in [4.78, 5) is 23.4. The highest BCUT2D eigenvalue weighted by atomic mass is 32.1. The van der Waals surface area contributed by atoms with E-state index in [1.165, 1.54) is 25.4 Å². The van der Waals surface area contributed by atoms with Crippen molar-refractivity contribution in [1.82, 2.24) is 4.40 Å². The van der Waals surface area contributed by atoms with E-state index in [4.69, 9.17) is 9.47 Å². The quantitative estimate of drug-likeness (QED) is 0.809. The van der Waals surface area contributed by atoms with Crippen LogP contribution < -0.4 is 15.0 Å². The molecule has 9 heteroatoms. The van der Waals surface area contributed by atoms with Gasteiger partial charge in [-0.3, -0.25) is 14.0 Å². The lowest BCUT2D eigenvalue weighted by molar-refractivity contribution is -0.141. The van der Waals surface area contributed by atoms with Crippen molar-refractivity contribution in [3.63, 3.8) is 0 Å². The maximum Gasteiger partial charge on any atom is 0.425 e. The Morgan fingerprint density at radius 2 is 1.95 bits per heavy atom. The minimum absolute atomic E-state index is 0.0730. The monoisotopic (exact) mass is 335 g/mol. The maximum absolute atomic E-state index is 13.3. The number of aromatic nitrogens is 1. The molecule has 0 aliphatic heterocycles. The molecule has 2 rings (SSSR count). The van der Waals surface area contributed by atoms with Gasteiger partial charge in [-0.15, -0.1) is 11.3 Å². The van der Waals surface area contributed by atoms with Crippen LogP contribution >= 0.6 is 11.3 Å². The summed E-state index contributed by atoms with van der Waals surface area (Å²) < 4.78 is 50.7. The van der Waals surface area contributed by atoms with Crippen molar-refractivity contribution >= 4 is 22.1 Å². The molecule has 2 heterocycles. The molecule has 0 aliphatic carbocycles. The molecule has 0 atom stereocenters. The van der Waals surface area contributed by atoms with Crippen LogP contribution in [0.3, 0.4) is 0 Å². The van der Waals surface area contributed by atoms with Gasteiger partial charge in [-0.2, -0.15) is 13.2 Å². The second-order valence-corrected chi connectivity index (χ2v) is 5.57. The van der Waals surface area contributed by atoms with Gasteiger partial charge in [0.1, 0.15) is 4.83 Å². The van der Waals surface area contributed by atoms with Gasteiger partial charge in [-0.1, -0.05) is 0 Å². The van der Waals surface area contributed by atoms with Crippen molar-refractivity contribution in [3.8, 4) is 11.5 Å². The number of pyridine rings is 1. The molecule has 5 nitrogen and oxygen atoms in total. The Balaban J connectivity index is 2.92. The molecule has 0 amide bonds. The molecule has 0 N–H and O–H groups in total. The standard InChI is InChI=1S/C13H12F3NO4S/c1-6(2)20-9-8(13(14,15)16)11(19)17-4-5-22-12(17)10(9)21-7(3)18/h4-6H,1-3H3. The Labute approximate surface area is 126 Å². The third-order valence-corrected chi connectivity index (χ3v) is 3.41. The molecule has 0 spiro atoms. The number of ether oxygens (including phenoxy) is 2. The Hall–Kier alpha value is -2.03. The van der Waals surface area contributed by atoms with E-state index in [-0.39, 0.29) is 4.83 Å². The number of hydrogen-bond acceptors (Lipinski definition) is 5. The van der Waals surface area contributed by atoms with Crippen LogP contribution in [0.25, 0.3) is 4.83 Å². The lowest BCUT2D eigenvalue weighted by atomic mass is 10.2. The van der Waals surface area contributed by atoms with Crippen LogP contribution in [0, 0.1) is 0 Å². The van der Waals surface area contributed by atoms with Crippen LogP contribution in [-0.4, -0.2) is 16.5 Å². The topological polar surface area (TPSA) is 57.0 Å². The third kappa shape index (κ3) is 2.94. The Morgan fingerprint density at radius 3 is 2.45 bits per heavy atom. The average Bonchev–Trinajstić information content (AvgIpc) is 2.80. The molecule has 0 radical (unpaired) electrons. The lowest BCUT2D eigenvalue weighted by Crippen LogP contribution is -2.27. The molecule has 0 aliphatic rings.